The SMILES string of the molecule is Cc1nc(C2(NC3CC3)CCCCC2C(C)C)sc1C. The Hall–Kier alpha value is -0.410. The van der Waals surface area contributed by atoms with Crippen LogP contribution in [0.1, 0.15) is 68.0 Å². The second-order valence-corrected chi connectivity index (χ2v) is 8.35. The maximum absolute atomic E-state index is 4.98. The molecular weight excluding hydrogens is 264 g/mol. The monoisotopic (exact) mass is 292 g/mol. The van der Waals surface area contributed by atoms with Crippen molar-refractivity contribution in [3.63, 3.8) is 0 Å². The predicted octanol–water partition coefficient (Wildman–Crippen LogP) is 4.55. The lowest BCUT2D eigenvalue weighted by Gasteiger charge is -2.46. The van der Waals surface area contributed by atoms with Crippen molar-refractivity contribution in [1.29, 1.82) is 0 Å². The van der Waals surface area contributed by atoms with Crippen molar-refractivity contribution < 1.29 is 0 Å². The van der Waals surface area contributed by atoms with Crippen LogP contribution in [0.3, 0.4) is 0 Å². The van der Waals surface area contributed by atoms with Gasteiger partial charge in [-0.2, -0.15) is 0 Å². The van der Waals surface area contributed by atoms with Gasteiger partial charge in [0, 0.05) is 10.9 Å². The number of hydrogen-bond donors (Lipinski definition) is 1. The first-order valence-electron chi connectivity index (χ1n) is 8.25. The van der Waals surface area contributed by atoms with E-state index in [0.717, 1.165) is 17.9 Å². The highest BCUT2D eigenvalue weighted by molar-refractivity contribution is 7.11. The van der Waals surface area contributed by atoms with Crippen molar-refractivity contribution in [3.8, 4) is 0 Å². The molecule has 1 aromatic rings. The summed E-state index contributed by atoms with van der Waals surface area (Å²) in [6.45, 7) is 9.17. The molecule has 2 fully saturated rings. The van der Waals surface area contributed by atoms with Crippen LogP contribution in [0, 0.1) is 25.7 Å². The van der Waals surface area contributed by atoms with Gasteiger partial charge in [-0.1, -0.05) is 26.7 Å². The van der Waals surface area contributed by atoms with Gasteiger partial charge in [0.25, 0.3) is 0 Å². The highest BCUT2D eigenvalue weighted by atomic mass is 32.1. The van der Waals surface area contributed by atoms with E-state index in [1.165, 1.54) is 54.1 Å². The van der Waals surface area contributed by atoms with E-state index in [1.807, 2.05) is 11.3 Å². The van der Waals surface area contributed by atoms with Crippen LogP contribution in [0.15, 0.2) is 0 Å². The molecule has 20 heavy (non-hydrogen) atoms. The van der Waals surface area contributed by atoms with Gasteiger partial charge in [0.05, 0.1) is 11.2 Å². The van der Waals surface area contributed by atoms with Crippen molar-refractivity contribution in [3.05, 3.63) is 15.6 Å². The summed E-state index contributed by atoms with van der Waals surface area (Å²) in [6, 6.07) is 0.749. The van der Waals surface area contributed by atoms with Crippen LogP contribution in [0.25, 0.3) is 0 Å². The van der Waals surface area contributed by atoms with E-state index in [9.17, 15) is 0 Å². The Kier molecular flexibility index (Phi) is 3.93. The number of rotatable bonds is 4. The molecule has 0 aromatic carbocycles. The van der Waals surface area contributed by atoms with Gasteiger partial charge in [0.2, 0.25) is 0 Å². The lowest BCUT2D eigenvalue weighted by atomic mass is 9.68. The molecule has 2 aliphatic carbocycles. The minimum atomic E-state index is 0.164. The highest BCUT2D eigenvalue weighted by Gasteiger charge is 2.48. The van der Waals surface area contributed by atoms with Crippen LogP contribution in [0.5, 0.6) is 0 Å². The quantitative estimate of drug-likeness (QED) is 0.880. The van der Waals surface area contributed by atoms with Gasteiger partial charge < -0.3 is 5.32 Å². The second-order valence-electron chi connectivity index (χ2n) is 7.15. The van der Waals surface area contributed by atoms with Gasteiger partial charge in [-0.05, 0) is 51.4 Å². The van der Waals surface area contributed by atoms with Crippen LogP contribution < -0.4 is 5.32 Å². The fraction of sp³-hybridized carbons (Fsp3) is 0.824. The molecule has 0 saturated heterocycles. The molecule has 1 aromatic heterocycles. The number of aromatic nitrogens is 1. The summed E-state index contributed by atoms with van der Waals surface area (Å²) < 4.78 is 0. The smallest absolute Gasteiger partial charge is 0.114 e. The number of nitrogens with one attached hydrogen (secondary N) is 1. The third-order valence-electron chi connectivity index (χ3n) is 5.22. The van der Waals surface area contributed by atoms with Gasteiger partial charge in [0.1, 0.15) is 5.01 Å². The van der Waals surface area contributed by atoms with E-state index >= 15 is 0 Å². The number of hydrogen-bond acceptors (Lipinski definition) is 3. The molecule has 112 valence electrons. The fourth-order valence-corrected chi connectivity index (χ4v) is 5.02. The summed E-state index contributed by atoms with van der Waals surface area (Å²) in [5.41, 5.74) is 1.40. The lowest BCUT2D eigenvalue weighted by molar-refractivity contribution is 0.0976. The largest absolute Gasteiger partial charge is 0.302 e. The maximum Gasteiger partial charge on any atom is 0.114 e. The Labute approximate surface area is 127 Å². The highest BCUT2D eigenvalue weighted by Crippen LogP contribution is 2.48. The first-order chi connectivity index (χ1) is 9.53. The van der Waals surface area contributed by atoms with Crippen LogP contribution in [0.2, 0.25) is 0 Å². The molecular formula is C17H28N2S. The molecule has 1 heterocycles. The molecule has 2 unspecified atom stereocenters. The Morgan fingerprint density at radius 3 is 2.50 bits per heavy atom. The first kappa shape index (κ1) is 14.5. The third-order valence-corrected chi connectivity index (χ3v) is 6.47. The van der Waals surface area contributed by atoms with Gasteiger partial charge in [-0.25, -0.2) is 4.98 Å². The van der Waals surface area contributed by atoms with Crippen LogP contribution >= 0.6 is 11.3 Å². The second kappa shape index (κ2) is 5.42. The zero-order valence-corrected chi connectivity index (χ0v) is 14.1. The summed E-state index contributed by atoms with van der Waals surface area (Å²) in [4.78, 5) is 6.37. The minimum Gasteiger partial charge on any atom is -0.302 e. The normalized spacial score (nSPS) is 30.9. The summed E-state index contributed by atoms with van der Waals surface area (Å²) in [5.74, 6) is 1.47. The molecule has 3 heteroatoms. The van der Waals surface area contributed by atoms with Crippen LogP contribution in [-0.4, -0.2) is 11.0 Å². The summed E-state index contributed by atoms with van der Waals surface area (Å²) in [6.07, 6.45) is 8.08. The standard InChI is InChI=1S/C17H28N2S/c1-11(2)15-7-5-6-10-17(15,19-14-8-9-14)16-18-12(3)13(4)20-16/h11,14-15,19H,5-10H2,1-4H3. The molecule has 2 saturated carbocycles. The molecule has 3 rings (SSSR count). The Balaban J connectivity index is 2.01. The number of thiazole rings is 1. The lowest BCUT2D eigenvalue weighted by Crippen LogP contribution is -2.52. The zero-order valence-electron chi connectivity index (χ0n) is 13.3. The molecule has 0 amide bonds. The molecule has 0 radical (unpaired) electrons. The van der Waals surface area contributed by atoms with E-state index in [1.54, 1.807) is 0 Å². The minimum absolute atomic E-state index is 0.164. The summed E-state index contributed by atoms with van der Waals surface area (Å²) in [5, 5.41) is 5.42. The average Bonchev–Trinajstić information content (AvgIpc) is 3.15. The maximum atomic E-state index is 4.98. The first-order valence-corrected chi connectivity index (χ1v) is 9.07. The van der Waals surface area contributed by atoms with Gasteiger partial charge >= 0.3 is 0 Å². The zero-order chi connectivity index (χ0) is 14.3. The summed E-state index contributed by atoms with van der Waals surface area (Å²) in [7, 11) is 0. The van der Waals surface area contributed by atoms with E-state index in [-0.39, 0.29) is 5.54 Å². The van der Waals surface area contributed by atoms with E-state index in [0.29, 0.717) is 0 Å². The van der Waals surface area contributed by atoms with Gasteiger partial charge in [-0.15, -0.1) is 11.3 Å². The van der Waals surface area contributed by atoms with Crippen LogP contribution in [-0.2, 0) is 5.54 Å². The Morgan fingerprint density at radius 1 is 1.20 bits per heavy atom. The Morgan fingerprint density at radius 2 is 1.95 bits per heavy atom. The van der Waals surface area contributed by atoms with E-state index in [2.05, 4.69) is 33.0 Å². The van der Waals surface area contributed by atoms with E-state index in [4.69, 9.17) is 4.98 Å². The van der Waals surface area contributed by atoms with Crippen molar-refractivity contribution in [1.82, 2.24) is 10.3 Å². The molecule has 0 aliphatic heterocycles. The summed E-state index contributed by atoms with van der Waals surface area (Å²) >= 11 is 1.94. The molecule has 2 nitrogen and oxygen atoms in total. The fourth-order valence-electron chi connectivity index (χ4n) is 3.86. The van der Waals surface area contributed by atoms with Crippen molar-refractivity contribution in [2.75, 3.05) is 0 Å². The number of aryl methyl sites for hydroxylation is 2. The van der Waals surface area contributed by atoms with Crippen molar-refractivity contribution in [2.24, 2.45) is 11.8 Å². The van der Waals surface area contributed by atoms with Crippen molar-refractivity contribution >= 4 is 11.3 Å². The predicted molar refractivity (Wildman–Crippen MR) is 86.2 cm³/mol. The molecule has 2 aliphatic rings. The number of nitrogens with zero attached hydrogens (tertiary/aromatic N) is 1. The average molecular weight is 292 g/mol. The van der Waals surface area contributed by atoms with Crippen LogP contribution in [0.4, 0.5) is 0 Å². The topological polar surface area (TPSA) is 24.9 Å². The molecule has 0 spiro atoms. The molecule has 2 atom stereocenters. The Bertz CT molecular complexity index is 456. The third kappa shape index (κ3) is 2.55. The van der Waals surface area contributed by atoms with Crippen molar-refractivity contribution in [2.45, 2.75) is 77.8 Å². The molecule has 1 N–H and O–H groups in total. The van der Waals surface area contributed by atoms with Gasteiger partial charge in [-0.3, -0.25) is 0 Å². The molecule has 0 bridgehead atoms. The van der Waals surface area contributed by atoms with Gasteiger partial charge in [0.15, 0.2) is 0 Å². The van der Waals surface area contributed by atoms with E-state index < -0.39 is 0 Å².